The van der Waals surface area contributed by atoms with Crippen LogP contribution in [-0.4, -0.2) is 40.0 Å². The molecule has 0 spiro atoms. The molecule has 0 aliphatic heterocycles. The van der Waals surface area contributed by atoms with Gasteiger partial charge in [-0.15, -0.1) is 11.8 Å². The van der Waals surface area contributed by atoms with Crippen molar-refractivity contribution in [2.75, 3.05) is 26.4 Å². The van der Waals surface area contributed by atoms with Gasteiger partial charge in [-0.3, -0.25) is 0 Å². The molecule has 5 heteroatoms. The van der Waals surface area contributed by atoms with Crippen LogP contribution in [0, 0.1) is 0 Å². The van der Waals surface area contributed by atoms with Gasteiger partial charge in [0.05, 0.1) is 17.9 Å². The van der Waals surface area contributed by atoms with E-state index < -0.39 is 0 Å². The molecule has 0 aromatic carbocycles. The minimum Gasteiger partial charge on any atom is -0.309 e. The highest BCUT2D eigenvalue weighted by molar-refractivity contribution is 7.99. The fourth-order valence-electron chi connectivity index (χ4n) is 0.552. The summed E-state index contributed by atoms with van der Waals surface area (Å²) >= 11 is 3.01. The number of rotatable bonds is 4. The summed E-state index contributed by atoms with van der Waals surface area (Å²) in [5.74, 6) is 1.08. The summed E-state index contributed by atoms with van der Waals surface area (Å²) in [7, 11) is 4.14. The molecule has 11 heavy (non-hydrogen) atoms. The highest BCUT2D eigenvalue weighted by Gasteiger charge is 1.96. The molecule has 1 rings (SSSR count). The van der Waals surface area contributed by atoms with Gasteiger partial charge in [0.2, 0.25) is 0 Å². The molecule has 0 aliphatic rings. The molecule has 0 saturated carbocycles. The second-order valence-electron chi connectivity index (χ2n) is 2.40. The molecule has 1 heterocycles. The number of hydrogen-bond donors (Lipinski definition) is 0. The van der Waals surface area contributed by atoms with Gasteiger partial charge >= 0.3 is 0 Å². The Labute approximate surface area is 75.1 Å². The van der Waals surface area contributed by atoms with Crippen molar-refractivity contribution in [3.63, 3.8) is 0 Å². The summed E-state index contributed by atoms with van der Waals surface area (Å²) in [6, 6.07) is 0. The van der Waals surface area contributed by atoms with Crippen molar-refractivity contribution in [2.24, 2.45) is 0 Å². The van der Waals surface area contributed by atoms with E-state index in [9.17, 15) is 0 Å². The van der Waals surface area contributed by atoms with Crippen molar-refractivity contribution in [2.45, 2.75) is 5.03 Å². The van der Waals surface area contributed by atoms with Gasteiger partial charge in [0, 0.05) is 12.3 Å². The first-order chi connectivity index (χ1) is 5.29. The molecule has 0 unspecified atom stereocenters. The minimum absolute atomic E-state index is 1.04. The van der Waals surface area contributed by atoms with E-state index >= 15 is 0 Å². The van der Waals surface area contributed by atoms with E-state index in [0.717, 1.165) is 17.3 Å². The molecule has 62 valence electrons. The van der Waals surface area contributed by atoms with Crippen LogP contribution in [0.5, 0.6) is 0 Å². The first kappa shape index (κ1) is 8.96. The summed E-state index contributed by atoms with van der Waals surface area (Å²) < 4.78 is 8.00. The average Bonchev–Trinajstić information content (AvgIpc) is 2.39. The Hall–Kier alpha value is -0.130. The summed E-state index contributed by atoms with van der Waals surface area (Å²) in [4.78, 5) is 2.16. The van der Waals surface area contributed by atoms with Gasteiger partial charge < -0.3 is 4.90 Å². The highest BCUT2D eigenvalue weighted by Crippen LogP contribution is 2.13. The van der Waals surface area contributed by atoms with Crippen LogP contribution in [-0.2, 0) is 0 Å². The summed E-state index contributed by atoms with van der Waals surface area (Å²) in [6.45, 7) is 1.09. The fraction of sp³-hybridized carbons (Fsp3) is 0.667. The first-order valence-electron chi connectivity index (χ1n) is 3.34. The van der Waals surface area contributed by atoms with E-state index in [2.05, 4.69) is 27.7 Å². The fourth-order valence-corrected chi connectivity index (χ4v) is 2.04. The van der Waals surface area contributed by atoms with E-state index in [0.29, 0.717) is 0 Å². The Morgan fingerprint density at radius 1 is 1.64 bits per heavy atom. The van der Waals surface area contributed by atoms with Crippen molar-refractivity contribution < 1.29 is 0 Å². The van der Waals surface area contributed by atoms with Crippen molar-refractivity contribution >= 4 is 23.5 Å². The lowest BCUT2D eigenvalue weighted by Gasteiger charge is -2.06. The molecular weight excluding hydrogens is 178 g/mol. The smallest absolute Gasteiger partial charge is 0.130 e. The van der Waals surface area contributed by atoms with E-state index in [4.69, 9.17) is 0 Å². The largest absolute Gasteiger partial charge is 0.309 e. The second-order valence-corrected chi connectivity index (χ2v) is 4.07. The molecule has 0 amide bonds. The summed E-state index contributed by atoms with van der Waals surface area (Å²) in [6.07, 6.45) is 1.81. The van der Waals surface area contributed by atoms with Crippen LogP contribution >= 0.6 is 23.5 Å². The zero-order chi connectivity index (χ0) is 8.10. The molecule has 0 atom stereocenters. The molecule has 1 aromatic heterocycles. The van der Waals surface area contributed by atoms with Crippen LogP contribution in [0.3, 0.4) is 0 Å². The molecule has 1 aromatic rings. The molecule has 0 aliphatic carbocycles. The summed E-state index contributed by atoms with van der Waals surface area (Å²) in [5, 5.41) is 1.04. The van der Waals surface area contributed by atoms with Gasteiger partial charge in [-0.25, -0.2) is 0 Å². The van der Waals surface area contributed by atoms with E-state index in [1.165, 1.54) is 11.7 Å². The Balaban J connectivity index is 2.14. The summed E-state index contributed by atoms with van der Waals surface area (Å²) in [5.41, 5.74) is 0. The van der Waals surface area contributed by atoms with Gasteiger partial charge in [0.25, 0.3) is 0 Å². The molecule has 0 radical (unpaired) electrons. The second kappa shape index (κ2) is 4.69. The topological polar surface area (TPSA) is 29.0 Å². The number of thioether (sulfide) groups is 1. The Morgan fingerprint density at radius 3 is 3.00 bits per heavy atom. The third-order valence-corrected chi connectivity index (χ3v) is 2.60. The van der Waals surface area contributed by atoms with Crippen molar-refractivity contribution in [1.82, 2.24) is 13.6 Å². The lowest BCUT2D eigenvalue weighted by atomic mass is 10.7. The van der Waals surface area contributed by atoms with Crippen LogP contribution in [0.4, 0.5) is 0 Å². The highest BCUT2D eigenvalue weighted by atomic mass is 32.2. The average molecular weight is 189 g/mol. The molecule has 0 bridgehead atoms. The molecule has 0 fully saturated rings. The molecular formula is C6H11N3S2. The van der Waals surface area contributed by atoms with E-state index in [1.807, 2.05) is 6.20 Å². The zero-order valence-corrected chi connectivity index (χ0v) is 8.28. The predicted octanol–water partition coefficient (Wildman–Crippen LogP) is 1.19. The van der Waals surface area contributed by atoms with Crippen LogP contribution < -0.4 is 0 Å². The number of aromatic nitrogens is 2. The maximum absolute atomic E-state index is 4.09. The van der Waals surface area contributed by atoms with Crippen molar-refractivity contribution in [1.29, 1.82) is 0 Å². The number of nitrogens with zero attached hydrogens (tertiary/aromatic N) is 3. The third kappa shape index (κ3) is 3.69. The SMILES string of the molecule is CN(C)CCSc1cnsn1. The third-order valence-electron chi connectivity index (χ3n) is 1.13. The minimum atomic E-state index is 1.04. The molecule has 0 N–H and O–H groups in total. The van der Waals surface area contributed by atoms with Crippen molar-refractivity contribution in [3.8, 4) is 0 Å². The quantitative estimate of drug-likeness (QED) is 0.665. The van der Waals surface area contributed by atoms with E-state index in [1.54, 1.807) is 11.8 Å². The van der Waals surface area contributed by atoms with Gasteiger partial charge in [0.1, 0.15) is 5.03 Å². The Morgan fingerprint density at radius 2 is 2.45 bits per heavy atom. The van der Waals surface area contributed by atoms with Gasteiger partial charge in [0.15, 0.2) is 0 Å². The first-order valence-corrected chi connectivity index (χ1v) is 5.05. The normalized spacial score (nSPS) is 10.8. The van der Waals surface area contributed by atoms with Gasteiger partial charge in [-0.05, 0) is 14.1 Å². The van der Waals surface area contributed by atoms with Crippen LogP contribution in [0.25, 0.3) is 0 Å². The maximum atomic E-state index is 4.09. The predicted molar refractivity (Wildman–Crippen MR) is 49.2 cm³/mol. The van der Waals surface area contributed by atoms with Crippen molar-refractivity contribution in [3.05, 3.63) is 6.20 Å². The van der Waals surface area contributed by atoms with Crippen LogP contribution in [0.15, 0.2) is 11.2 Å². The molecule has 0 saturated heterocycles. The van der Waals surface area contributed by atoms with Crippen LogP contribution in [0.1, 0.15) is 0 Å². The Kier molecular flexibility index (Phi) is 3.82. The Bertz CT molecular complexity index is 186. The zero-order valence-electron chi connectivity index (χ0n) is 6.65. The van der Waals surface area contributed by atoms with Gasteiger partial charge in [-0.1, -0.05) is 0 Å². The number of hydrogen-bond acceptors (Lipinski definition) is 5. The van der Waals surface area contributed by atoms with Gasteiger partial charge in [-0.2, -0.15) is 8.75 Å². The molecule has 3 nitrogen and oxygen atoms in total. The lowest BCUT2D eigenvalue weighted by Crippen LogP contribution is -2.14. The van der Waals surface area contributed by atoms with Crippen LogP contribution in [0.2, 0.25) is 0 Å². The monoisotopic (exact) mass is 189 g/mol. The lowest BCUT2D eigenvalue weighted by molar-refractivity contribution is 0.437. The maximum Gasteiger partial charge on any atom is 0.130 e. The standard InChI is InChI=1S/C6H11N3S2/c1-9(2)3-4-10-6-5-7-11-8-6/h5H,3-4H2,1-2H3. The van der Waals surface area contributed by atoms with E-state index in [-0.39, 0.29) is 0 Å².